The second-order valence-corrected chi connectivity index (χ2v) is 3.28. The molecular formula is C9H11F3N2O3. The summed E-state index contributed by atoms with van der Waals surface area (Å²) in [5.41, 5.74) is -0.491. The van der Waals surface area contributed by atoms with E-state index in [0.717, 1.165) is 0 Å². The minimum Gasteiger partial charge on any atom is -0.493 e. The molecule has 2 N–H and O–H groups in total. The van der Waals surface area contributed by atoms with Crippen LogP contribution in [0.1, 0.15) is 18.3 Å². The highest BCUT2D eigenvalue weighted by Gasteiger charge is 2.27. The first-order valence-corrected chi connectivity index (χ1v) is 4.79. The van der Waals surface area contributed by atoms with Crippen LogP contribution in [0.15, 0.2) is 4.79 Å². The number of halogens is 3. The first kappa shape index (κ1) is 13.5. The lowest BCUT2D eigenvalue weighted by Crippen LogP contribution is -2.20. The van der Waals surface area contributed by atoms with E-state index in [1.54, 1.807) is 6.92 Å². The van der Waals surface area contributed by atoms with Crippen LogP contribution in [0.5, 0.6) is 5.88 Å². The van der Waals surface area contributed by atoms with Crippen molar-refractivity contribution in [2.24, 2.45) is 0 Å². The number of ether oxygens (including phenoxy) is 1. The van der Waals surface area contributed by atoms with Gasteiger partial charge in [-0.05, 0) is 6.42 Å². The molecule has 0 saturated carbocycles. The van der Waals surface area contributed by atoms with Crippen LogP contribution in [0, 0.1) is 0 Å². The molecule has 0 aliphatic heterocycles. The Morgan fingerprint density at radius 3 is 2.59 bits per heavy atom. The number of hydrogen-bond donors (Lipinski definition) is 2. The number of aromatic amines is 1. The third-order valence-electron chi connectivity index (χ3n) is 1.90. The molecule has 0 saturated heterocycles. The highest BCUT2D eigenvalue weighted by Crippen LogP contribution is 2.15. The largest absolute Gasteiger partial charge is 0.493 e. The van der Waals surface area contributed by atoms with Crippen molar-refractivity contribution in [3.05, 3.63) is 21.7 Å². The van der Waals surface area contributed by atoms with Crippen molar-refractivity contribution in [1.29, 1.82) is 0 Å². The lowest BCUT2D eigenvalue weighted by molar-refractivity contribution is -0.177. The summed E-state index contributed by atoms with van der Waals surface area (Å²) in [4.78, 5) is 17.1. The Morgan fingerprint density at radius 1 is 1.47 bits per heavy atom. The first-order valence-electron chi connectivity index (χ1n) is 4.79. The van der Waals surface area contributed by atoms with E-state index < -0.39 is 30.8 Å². The molecule has 0 amide bonds. The molecule has 1 aromatic heterocycles. The maximum absolute atomic E-state index is 11.8. The van der Waals surface area contributed by atoms with Crippen molar-refractivity contribution in [2.45, 2.75) is 26.1 Å². The summed E-state index contributed by atoms with van der Waals surface area (Å²) in [5, 5.41) is 9.32. The standard InChI is InChI=1S/C9H11F3N2O3/c1-2-5-7(15)13-6(14-8(5)16)3-17-4-9(10,11)12/h2-4H2,1H3,(H2,13,14,15,16). The zero-order chi connectivity index (χ0) is 13.1. The lowest BCUT2D eigenvalue weighted by Gasteiger charge is -2.07. The Morgan fingerprint density at radius 2 is 2.12 bits per heavy atom. The van der Waals surface area contributed by atoms with Crippen molar-refractivity contribution < 1.29 is 23.0 Å². The van der Waals surface area contributed by atoms with Gasteiger partial charge in [0.15, 0.2) is 0 Å². The van der Waals surface area contributed by atoms with Crippen LogP contribution in [0.25, 0.3) is 0 Å². The maximum atomic E-state index is 11.8. The van der Waals surface area contributed by atoms with Gasteiger partial charge < -0.3 is 14.8 Å². The van der Waals surface area contributed by atoms with Gasteiger partial charge in [0.2, 0.25) is 5.88 Å². The molecule has 0 bridgehead atoms. The van der Waals surface area contributed by atoms with Gasteiger partial charge in [0.25, 0.3) is 5.56 Å². The third-order valence-corrected chi connectivity index (χ3v) is 1.90. The minimum atomic E-state index is -4.44. The van der Waals surface area contributed by atoms with Crippen LogP contribution >= 0.6 is 0 Å². The van der Waals surface area contributed by atoms with E-state index in [1.165, 1.54) is 0 Å². The molecule has 0 fully saturated rings. The molecule has 0 unspecified atom stereocenters. The molecule has 0 aromatic carbocycles. The molecule has 0 aliphatic rings. The third kappa shape index (κ3) is 4.06. The number of aromatic nitrogens is 2. The van der Waals surface area contributed by atoms with E-state index in [4.69, 9.17) is 0 Å². The van der Waals surface area contributed by atoms with E-state index in [1.807, 2.05) is 0 Å². The van der Waals surface area contributed by atoms with Crippen LogP contribution in [-0.2, 0) is 17.8 Å². The summed E-state index contributed by atoms with van der Waals surface area (Å²) in [6.07, 6.45) is -4.16. The number of hydrogen-bond acceptors (Lipinski definition) is 4. The van der Waals surface area contributed by atoms with E-state index in [0.29, 0.717) is 0 Å². The molecule has 0 radical (unpaired) electrons. The fraction of sp³-hybridized carbons (Fsp3) is 0.556. The Hall–Kier alpha value is -1.57. The summed E-state index contributed by atoms with van der Waals surface area (Å²) in [5.74, 6) is -0.629. The lowest BCUT2D eigenvalue weighted by atomic mass is 10.2. The average molecular weight is 252 g/mol. The first-order chi connectivity index (χ1) is 7.83. The van der Waals surface area contributed by atoms with Crippen LogP contribution in [0.2, 0.25) is 0 Å². The Balaban J connectivity index is 2.71. The zero-order valence-corrected chi connectivity index (χ0v) is 8.97. The van der Waals surface area contributed by atoms with Crippen LogP contribution in [0.4, 0.5) is 13.2 Å². The Kier molecular flexibility index (Phi) is 4.11. The summed E-state index contributed by atoms with van der Waals surface area (Å²) in [7, 11) is 0. The van der Waals surface area contributed by atoms with Crippen molar-refractivity contribution >= 4 is 0 Å². The SMILES string of the molecule is CCc1c(O)nc(COCC(F)(F)F)[nH]c1=O. The van der Waals surface area contributed by atoms with Gasteiger partial charge in [-0.3, -0.25) is 4.79 Å². The quantitative estimate of drug-likeness (QED) is 0.841. The molecule has 8 heteroatoms. The molecule has 1 aromatic rings. The van der Waals surface area contributed by atoms with Gasteiger partial charge in [0.05, 0.1) is 5.56 Å². The number of alkyl halides is 3. The van der Waals surface area contributed by atoms with E-state index in [9.17, 15) is 23.1 Å². The van der Waals surface area contributed by atoms with Gasteiger partial charge in [0, 0.05) is 0 Å². The Labute approximate surface area is 94.3 Å². The smallest absolute Gasteiger partial charge is 0.411 e. The van der Waals surface area contributed by atoms with Crippen molar-refractivity contribution in [2.75, 3.05) is 6.61 Å². The monoisotopic (exact) mass is 252 g/mol. The van der Waals surface area contributed by atoms with Gasteiger partial charge in [-0.2, -0.15) is 18.2 Å². The molecular weight excluding hydrogens is 241 g/mol. The normalized spacial score (nSPS) is 11.8. The number of H-pyrrole nitrogens is 1. The van der Waals surface area contributed by atoms with E-state index in [-0.39, 0.29) is 17.8 Å². The minimum absolute atomic E-state index is 0.0876. The van der Waals surface area contributed by atoms with Crippen LogP contribution in [0.3, 0.4) is 0 Å². The van der Waals surface area contributed by atoms with E-state index in [2.05, 4.69) is 14.7 Å². The maximum Gasteiger partial charge on any atom is 0.411 e. The molecule has 0 aliphatic carbocycles. The molecule has 5 nitrogen and oxygen atoms in total. The predicted molar refractivity (Wildman–Crippen MR) is 51.6 cm³/mol. The molecule has 0 atom stereocenters. The topological polar surface area (TPSA) is 75.2 Å². The fourth-order valence-corrected chi connectivity index (χ4v) is 1.18. The van der Waals surface area contributed by atoms with Gasteiger partial charge in [-0.15, -0.1) is 0 Å². The van der Waals surface area contributed by atoms with Crippen molar-refractivity contribution in [1.82, 2.24) is 9.97 Å². The highest BCUT2D eigenvalue weighted by molar-refractivity contribution is 5.21. The second kappa shape index (κ2) is 5.17. The summed E-state index contributed by atoms with van der Waals surface area (Å²) in [6, 6.07) is 0. The number of nitrogens with zero attached hydrogens (tertiary/aromatic N) is 1. The van der Waals surface area contributed by atoms with E-state index >= 15 is 0 Å². The summed E-state index contributed by atoms with van der Waals surface area (Å²) in [6.45, 7) is -0.314. The molecule has 96 valence electrons. The van der Waals surface area contributed by atoms with Gasteiger partial charge in [0.1, 0.15) is 19.0 Å². The van der Waals surface area contributed by atoms with Crippen molar-refractivity contribution in [3.8, 4) is 5.88 Å². The van der Waals surface area contributed by atoms with Crippen molar-refractivity contribution in [3.63, 3.8) is 0 Å². The van der Waals surface area contributed by atoms with Gasteiger partial charge >= 0.3 is 6.18 Å². The number of nitrogens with one attached hydrogen (secondary N) is 1. The second-order valence-electron chi connectivity index (χ2n) is 3.28. The number of rotatable bonds is 4. The van der Waals surface area contributed by atoms with Gasteiger partial charge in [-0.1, -0.05) is 6.92 Å². The number of aromatic hydroxyl groups is 1. The summed E-state index contributed by atoms with van der Waals surface area (Å²) >= 11 is 0. The molecule has 1 heterocycles. The Bertz CT molecular complexity index is 442. The molecule has 1 rings (SSSR count). The predicted octanol–water partition coefficient (Wildman–Crippen LogP) is 1.12. The summed E-state index contributed by atoms with van der Waals surface area (Å²) < 4.78 is 39.6. The van der Waals surface area contributed by atoms with Gasteiger partial charge in [-0.25, -0.2) is 0 Å². The fourth-order valence-electron chi connectivity index (χ4n) is 1.18. The van der Waals surface area contributed by atoms with Crippen LogP contribution < -0.4 is 5.56 Å². The average Bonchev–Trinajstić information content (AvgIpc) is 2.15. The highest BCUT2D eigenvalue weighted by atomic mass is 19.4. The molecule has 0 spiro atoms. The molecule has 17 heavy (non-hydrogen) atoms. The van der Waals surface area contributed by atoms with Crippen LogP contribution in [-0.4, -0.2) is 27.9 Å². The zero-order valence-electron chi connectivity index (χ0n) is 8.97.